The lowest BCUT2D eigenvalue weighted by atomic mass is 9.84. The lowest BCUT2D eigenvalue weighted by Gasteiger charge is -2.39. The first kappa shape index (κ1) is 24.0. The summed E-state index contributed by atoms with van der Waals surface area (Å²) >= 11 is 1.69. The van der Waals surface area contributed by atoms with Crippen LogP contribution >= 0.6 is 11.3 Å². The molecule has 2 aliphatic rings. The second-order valence-electron chi connectivity index (χ2n) is 8.60. The number of nitrogens with zero attached hydrogens (tertiary/aromatic N) is 2. The highest BCUT2D eigenvalue weighted by Gasteiger charge is 2.39. The maximum absolute atomic E-state index is 13.4. The van der Waals surface area contributed by atoms with E-state index in [-0.39, 0.29) is 24.3 Å². The molecule has 0 aliphatic carbocycles. The summed E-state index contributed by atoms with van der Waals surface area (Å²) in [5.74, 6) is 0.444. The number of aliphatic hydroxyl groups is 1. The van der Waals surface area contributed by atoms with Crippen LogP contribution in [0.3, 0.4) is 0 Å². The molecule has 1 aromatic carbocycles. The molecule has 3 heterocycles. The van der Waals surface area contributed by atoms with Gasteiger partial charge in [0.05, 0.1) is 0 Å². The van der Waals surface area contributed by atoms with Gasteiger partial charge in [-0.25, -0.2) is 0 Å². The molecule has 2 aromatic rings. The third kappa shape index (κ3) is 6.03. The molecule has 1 saturated heterocycles. The maximum atomic E-state index is 13.4. The van der Waals surface area contributed by atoms with E-state index in [1.807, 2.05) is 30.0 Å². The molecule has 6 nitrogen and oxygen atoms in total. The minimum Gasteiger partial charge on any atom is -0.459 e. The predicted octanol–water partition coefficient (Wildman–Crippen LogP) is 3.84. The van der Waals surface area contributed by atoms with Gasteiger partial charge in [-0.1, -0.05) is 36.4 Å². The molecule has 0 radical (unpaired) electrons. The monoisotopic (exact) mass is 470 g/mol. The van der Waals surface area contributed by atoms with Gasteiger partial charge in [-0.15, -0.1) is 11.3 Å². The van der Waals surface area contributed by atoms with Crippen LogP contribution in [-0.4, -0.2) is 66.5 Å². The number of thiophene rings is 1. The van der Waals surface area contributed by atoms with E-state index in [1.165, 1.54) is 10.4 Å². The summed E-state index contributed by atoms with van der Waals surface area (Å²) < 4.78 is 12.1. The molecule has 0 saturated carbocycles. The molecule has 1 amide bonds. The zero-order valence-corrected chi connectivity index (χ0v) is 20.1. The lowest BCUT2D eigenvalue weighted by Crippen LogP contribution is -2.49. The van der Waals surface area contributed by atoms with Crippen LogP contribution in [0.25, 0.3) is 0 Å². The SMILES string of the molecule is CCO[C@@H]1OC(C(=O)N2CCN(Cc3ccccc3)CC2)=C[C@H](c2cccs2)[C@H]1CCCO. The van der Waals surface area contributed by atoms with E-state index >= 15 is 0 Å². The highest BCUT2D eigenvalue weighted by atomic mass is 32.1. The van der Waals surface area contributed by atoms with Crippen LogP contribution in [0.4, 0.5) is 0 Å². The van der Waals surface area contributed by atoms with Gasteiger partial charge in [0.15, 0.2) is 5.76 Å². The number of amides is 1. The summed E-state index contributed by atoms with van der Waals surface area (Å²) in [6, 6.07) is 14.6. The molecular formula is C26H34N2O4S. The number of allylic oxidation sites excluding steroid dienone is 1. The molecule has 1 N–H and O–H groups in total. The van der Waals surface area contributed by atoms with Crippen molar-refractivity contribution in [3.63, 3.8) is 0 Å². The van der Waals surface area contributed by atoms with Crippen LogP contribution in [0.1, 0.15) is 36.1 Å². The van der Waals surface area contributed by atoms with Gasteiger partial charge < -0.3 is 19.5 Å². The van der Waals surface area contributed by atoms with E-state index in [9.17, 15) is 9.90 Å². The van der Waals surface area contributed by atoms with Gasteiger partial charge in [0.1, 0.15) is 0 Å². The number of carbonyl (C=O) groups excluding carboxylic acids is 1. The molecular weight excluding hydrogens is 436 g/mol. The van der Waals surface area contributed by atoms with Crippen molar-refractivity contribution in [1.82, 2.24) is 9.80 Å². The predicted molar refractivity (Wildman–Crippen MR) is 130 cm³/mol. The highest BCUT2D eigenvalue weighted by molar-refractivity contribution is 7.10. The van der Waals surface area contributed by atoms with Crippen molar-refractivity contribution in [3.8, 4) is 0 Å². The van der Waals surface area contributed by atoms with Crippen molar-refractivity contribution in [3.05, 3.63) is 70.1 Å². The van der Waals surface area contributed by atoms with Gasteiger partial charge in [0, 0.05) is 62.7 Å². The van der Waals surface area contributed by atoms with Crippen molar-refractivity contribution in [1.29, 1.82) is 0 Å². The number of piperazine rings is 1. The standard InChI is InChI=1S/C26H34N2O4S/c1-2-31-26-21(10-6-16-29)22(24-11-7-17-33-24)18-23(32-26)25(30)28-14-12-27(13-15-28)19-20-8-4-3-5-9-20/h3-5,7-9,11,17-18,21-22,26,29H,2,6,10,12-16,19H2,1H3/t21-,22+,26-/m1/s1. The number of rotatable bonds is 9. The quantitative estimate of drug-likeness (QED) is 0.603. The topological polar surface area (TPSA) is 62.2 Å². The zero-order valence-electron chi connectivity index (χ0n) is 19.3. The van der Waals surface area contributed by atoms with Gasteiger partial charge >= 0.3 is 0 Å². The Morgan fingerprint density at radius 2 is 1.94 bits per heavy atom. The summed E-state index contributed by atoms with van der Waals surface area (Å²) in [6.07, 6.45) is 2.96. The number of benzene rings is 1. The fourth-order valence-electron chi connectivity index (χ4n) is 4.67. The maximum Gasteiger partial charge on any atom is 0.288 e. The second kappa shape index (κ2) is 11.8. The van der Waals surface area contributed by atoms with Crippen molar-refractivity contribution in [2.24, 2.45) is 5.92 Å². The Kier molecular flexibility index (Phi) is 8.56. The summed E-state index contributed by atoms with van der Waals surface area (Å²) in [4.78, 5) is 18.9. The number of hydrogen-bond donors (Lipinski definition) is 1. The number of carbonyl (C=O) groups is 1. The van der Waals surface area contributed by atoms with Crippen LogP contribution in [0, 0.1) is 5.92 Å². The molecule has 1 fully saturated rings. The number of hydrogen-bond acceptors (Lipinski definition) is 6. The average Bonchev–Trinajstić information content (AvgIpc) is 3.39. The summed E-state index contributed by atoms with van der Waals surface area (Å²) in [5, 5.41) is 11.5. The molecule has 33 heavy (non-hydrogen) atoms. The van der Waals surface area contributed by atoms with E-state index in [1.54, 1.807) is 11.3 Å². The molecule has 178 valence electrons. The molecule has 1 aromatic heterocycles. The van der Waals surface area contributed by atoms with Gasteiger partial charge in [-0.2, -0.15) is 0 Å². The van der Waals surface area contributed by atoms with Crippen LogP contribution in [0.15, 0.2) is 59.7 Å². The Morgan fingerprint density at radius 3 is 2.61 bits per heavy atom. The Balaban J connectivity index is 1.45. The third-order valence-corrected chi connectivity index (χ3v) is 7.38. The molecule has 4 rings (SSSR count). The molecule has 2 aliphatic heterocycles. The number of ether oxygens (including phenoxy) is 2. The largest absolute Gasteiger partial charge is 0.459 e. The Bertz CT molecular complexity index is 894. The second-order valence-corrected chi connectivity index (χ2v) is 9.58. The lowest BCUT2D eigenvalue weighted by molar-refractivity contribution is -0.170. The van der Waals surface area contributed by atoms with E-state index in [0.717, 1.165) is 26.1 Å². The molecule has 0 spiro atoms. The normalized spacial score (nSPS) is 23.8. The Hall–Kier alpha value is -2.19. The van der Waals surface area contributed by atoms with Gasteiger partial charge in [0.25, 0.3) is 5.91 Å². The van der Waals surface area contributed by atoms with Crippen molar-refractivity contribution in [2.75, 3.05) is 39.4 Å². The summed E-state index contributed by atoms with van der Waals surface area (Å²) in [7, 11) is 0. The molecule has 3 atom stereocenters. The van der Waals surface area contributed by atoms with Crippen LogP contribution < -0.4 is 0 Å². The Labute approximate surface area is 200 Å². The summed E-state index contributed by atoms with van der Waals surface area (Å²) in [6.45, 7) is 6.55. The Morgan fingerprint density at radius 1 is 1.15 bits per heavy atom. The van der Waals surface area contributed by atoms with E-state index in [4.69, 9.17) is 9.47 Å². The fourth-order valence-corrected chi connectivity index (χ4v) is 5.55. The molecule has 0 bridgehead atoms. The van der Waals surface area contributed by atoms with Crippen LogP contribution in [0.2, 0.25) is 0 Å². The first-order valence-corrected chi connectivity index (χ1v) is 12.8. The van der Waals surface area contributed by atoms with E-state index < -0.39 is 6.29 Å². The van der Waals surface area contributed by atoms with Crippen LogP contribution in [0.5, 0.6) is 0 Å². The third-order valence-electron chi connectivity index (χ3n) is 6.40. The van der Waals surface area contributed by atoms with Gasteiger partial charge in [0.2, 0.25) is 6.29 Å². The highest BCUT2D eigenvalue weighted by Crippen LogP contribution is 2.41. The zero-order chi connectivity index (χ0) is 23.0. The van der Waals surface area contributed by atoms with Crippen molar-refractivity contribution in [2.45, 2.75) is 38.5 Å². The summed E-state index contributed by atoms with van der Waals surface area (Å²) in [5.41, 5.74) is 1.29. The first-order valence-electron chi connectivity index (χ1n) is 11.9. The minimum atomic E-state index is -0.489. The minimum absolute atomic E-state index is 0.0418. The average molecular weight is 471 g/mol. The smallest absolute Gasteiger partial charge is 0.288 e. The van der Waals surface area contributed by atoms with Gasteiger partial charge in [-0.05, 0) is 42.9 Å². The fraction of sp³-hybridized carbons (Fsp3) is 0.500. The van der Waals surface area contributed by atoms with Gasteiger partial charge in [-0.3, -0.25) is 9.69 Å². The van der Waals surface area contributed by atoms with E-state index in [0.29, 0.717) is 31.9 Å². The number of aliphatic hydroxyl groups excluding tert-OH is 1. The van der Waals surface area contributed by atoms with E-state index in [2.05, 4.69) is 40.6 Å². The molecule has 0 unspecified atom stereocenters. The van der Waals surface area contributed by atoms with Crippen LogP contribution in [-0.2, 0) is 20.8 Å². The molecule has 7 heteroatoms. The van der Waals surface area contributed by atoms with Crippen molar-refractivity contribution >= 4 is 17.2 Å². The first-order chi connectivity index (χ1) is 16.2. The van der Waals surface area contributed by atoms with Crippen molar-refractivity contribution < 1.29 is 19.4 Å².